The van der Waals surface area contributed by atoms with Gasteiger partial charge in [-0.25, -0.2) is 17.2 Å². The topological polar surface area (TPSA) is 92.3 Å². The maximum atomic E-state index is 13.5. The lowest BCUT2D eigenvalue weighted by Gasteiger charge is -2.27. The second-order valence-electron chi connectivity index (χ2n) is 5.13. The lowest BCUT2D eigenvalue weighted by molar-refractivity contribution is -0.116. The Hall–Kier alpha value is -1.79. The Morgan fingerprint density at radius 3 is 2.62 bits per heavy atom. The SMILES string of the molecule is CCSc1nnc(NC(=O)[C@H](C)N(c2ccc(F)c(F)c2)S(C)(=O)=O)s1. The fourth-order valence-corrected chi connectivity index (χ4v) is 4.90. The van der Waals surface area contributed by atoms with E-state index in [0.717, 1.165) is 41.5 Å². The molecule has 12 heteroatoms. The summed E-state index contributed by atoms with van der Waals surface area (Å²) in [7, 11) is -3.94. The van der Waals surface area contributed by atoms with Crippen LogP contribution in [-0.4, -0.2) is 42.6 Å². The normalized spacial score (nSPS) is 12.7. The van der Waals surface area contributed by atoms with Crippen molar-refractivity contribution in [3.05, 3.63) is 29.8 Å². The van der Waals surface area contributed by atoms with Crippen LogP contribution in [0.4, 0.5) is 19.6 Å². The average Bonchev–Trinajstić information content (AvgIpc) is 2.97. The highest BCUT2D eigenvalue weighted by molar-refractivity contribution is 8.01. The van der Waals surface area contributed by atoms with Crippen LogP contribution in [0.5, 0.6) is 0 Å². The summed E-state index contributed by atoms with van der Waals surface area (Å²) in [5, 5.41) is 10.4. The Morgan fingerprint density at radius 1 is 1.35 bits per heavy atom. The largest absolute Gasteiger partial charge is 0.299 e. The smallest absolute Gasteiger partial charge is 0.249 e. The summed E-state index contributed by atoms with van der Waals surface area (Å²) >= 11 is 2.61. The summed E-state index contributed by atoms with van der Waals surface area (Å²) in [6.07, 6.45) is 0.874. The second kappa shape index (κ2) is 8.27. The van der Waals surface area contributed by atoms with Crippen molar-refractivity contribution in [2.75, 3.05) is 21.6 Å². The van der Waals surface area contributed by atoms with Crippen LogP contribution >= 0.6 is 23.1 Å². The van der Waals surface area contributed by atoms with Crippen molar-refractivity contribution in [1.29, 1.82) is 0 Å². The number of halogens is 2. The molecule has 0 aliphatic rings. The predicted octanol–water partition coefficient (Wildman–Crippen LogP) is 2.72. The third-order valence-corrected chi connectivity index (χ3v) is 6.25. The van der Waals surface area contributed by atoms with E-state index in [1.807, 2.05) is 6.92 Å². The molecule has 1 N–H and O–H groups in total. The Labute approximate surface area is 157 Å². The van der Waals surface area contributed by atoms with Crippen molar-refractivity contribution in [3.63, 3.8) is 0 Å². The minimum atomic E-state index is -3.94. The highest BCUT2D eigenvalue weighted by Gasteiger charge is 2.30. The number of anilines is 2. The van der Waals surface area contributed by atoms with Gasteiger partial charge in [-0.15, -0.1) is 10.2 Å². The third kappa shape index (κ3) is 4.89. The lowest BCUT2D eigenvalue weighted by atomic mass is 10.2. The first-order chi connectivity index (χ1) is 12.1. The molecule has 0 spiro atoms. The summed E-state index contributed by atoms with van der Waals surface area (Å²) in [5.41, 5.74) is -0.159. The van der Waals surface area contributed by atoms with Crippen LogP contribution in [0.15, 0.2) is 22.5 Å². The maximum absolute atomic E-state index is 13.5. The number of carbonyl (C=O) groups is 1. The molecule has 1 heterocycles. The molecule has 0 aliphatic carbocycles. The first kappa shape index (κ1) is 20.5. The zero-order chi connectivity index (χ0) is 19.5. The number of hydrogen-bond donors (Lipinski definition) is 1. The van der Waals surface area contributed by atoms with Gasteiger partial charge in [0.2, 0.25) is 21.1 Å². The molecule has 1 aromatic carbocycles. The molecule has 0 fully saturated rings. The van der Waals surface area contributed by atoms with Gasteiger partial charge in [-0.1, -0.05) is 30.0 Å². The van der Waals surface area contributed by atoms with Crippen molar-refractivity contribution < 1.29 is 22.0 Å². The van der Waals surface area contributed by atoms with Crippen molar-refractivity contribution in [2.45, 2.75) is 24.2 Å². The molecule has 0 bridgehead atoms. The number of rotatable bonds is 7. The number of carbonyl (C=O) groups excluding carboxylic acids is 1. The average molecular weight is 423 g/mol. The van der Waals surface area contributed by atoms with Crippen LogP contribution < -0.4 is 9.62 Å². The summed E-state index contributed by atoms with van der Waals surface area (Å²) in [4.78, 5) is 12.4. The van der Waals surface area contributed by atoms with Crippen molar-refractivity contribution in [3.8, 4) is 0 Å². The van der Waals surface area contributed by atoms with Gasteiger partial charge >= 0.3 is 0 Å². The zero-order valence-electron chi connectivity index (χ0n) is 14.1. The van der Waals surface area contributed by atoms with Gasteiger partial charge in [-0.3, -0.25) is 14.4 Å². The molecule has 26 heavy (non-hydrogen) atoms. The molecular formula is C14H16F2N4O3S3. The monoisotopic (exact) mass is 422 g/mol. The summed E-state index contributed by atoms with van der Waals surface area (Å²) in [5.74, 6) is -2.22. The van der Waals surface area contributed by atoms with Crippen molar-refractivity contribution in [2.24, 2.45) is 0 Å². The molecule has 0 saturated carbocycles. The molecule has 2 rings (SSSR count). The first-order valence-corrected chi connectivity index (χ1v) is 11.0. The fourth-order valence-electron chi connectivity index (χ4n) is 2.08. The van der Waals surface area contributed by atoms with Gasteiger partial charge in [0.05, 0.1) is 11.9 Å². The van der Waals surface area contributed by atoms with Crippen molar-refractivity contribution in [1.82, 2.24) is 10.2 Å². The van der Waals surface area contributed by atoms with Gasteiger partial charge in [0, 0.05) is 6.07 Å². The van der Waals surface area contributed by atoms with E-state index in [0.29, 0.717) is 8.64 Å². The molecule has 0 saturated heterocycles. The molecule has 0 aliphatic heterocycles. The van der Waals surface area contributed by atoms with Gasteiger partial charge < -0.3 is 0 Å². The minimum absolute atomic E-state index is 0.159. The summed E-state index contributed by atoms with van der Waals surface area (Å²) in [6, 6.07) is 1.39. The van der Waals surface area contributed by atoms with Crippen LogP contribution in [-0.2, 0) is 14.8 Å². The second-order valence-corrected chi connectivity index (χ2v) is 9.48. The van der Waals surface area contributed by atoms with E-state index in [2.05, 4.69) is 15.5 Å². The van der Waals surface area contributed by atoms with E-state index in [9.17, 15) is 22.0 Å². The first-order valence-electron chi connectivity index (χ1n) is 7.35. The maximum Gasteiger partial charge on any atom is 0.249 e. The molecule has 7 nitrogen and oxygen atoms in total. The molecule has 1 aromatic heterocycles. The highest BCUT2D eigenvalue weighted by Crippen LogP contribution is 2.27. The van der Waals surface area contributed by atoms with E-state index in [4.69, 9.17) is 0 Å². The minimum Gasteiger partial charge on any atom is -0.299 e. The lowest BCUT2D eigenvalue weighted by Crippen LogP contribution is -2.45. The standard InChI is InChI=1S/C14H16F2N4O3S3/c1-4-24-14-19-18-13(25-14)17-12(21)8(2)20(26(3,22)23)9-5-6-10(15)11(16)7-9/h5-8H,4H2,1-3H3,(H,17,18,21)/t8-/m0/s1. The van der Waals surface area contributed by atoms with Crippen molar-refractivity contribution >= 4 is 49.8 Å². The molecule has 1 amide bonds. The summed E-state index contributed by atoms with van der Waals surface area (Å²) in [6.45, 7) is 3.28. The van der Waals surface area contributed by atoms with E-state index >= 15 is 0 Å². The van der Waals surface area contributed by atoms with E-state index < -0.39 is 33.6 Å². The quantitative estimate of drug-likeness (QED) is 0.545. The van der Waals surface area contributed by atoms with Gasteiger partial charge in [-0.2, -0.15) is 0 Å². The molecule has 1 atom stereocenters. The molecule has 2 aromatic rings. The number of amides is 1. The third-order valence-electron chi connectivity index (χ3n) is 3.15. The molecule has 142 valence electrons. The molecular weight excluding hydrogens is 406 g/mol. The van der Waals surface area contributed by atoms with Crippen LogP contribution in [0.3, 0.4) is 0 Å². The number of thioether (sulfide) groups is 1. The Morgan fingerprint density at radius 2 is 2.04 bits per heavy atom. The van der Waals surface area contributed by atoms with Crippen LogP contribution in [0.1, 0.15) is 13.8 Å². The highest BCUT2D eigenvalue weighted by atomic mass is 32.2. The number of aromatic nitrogens is 2. The summed E-state index contributed by atoms with van der Waals surface area (Å²) < 4.78 is 52.2. The molecule has 0 radical (unpaired) electrons. The number of benzene rings is 1. The molecule has 0 unspecified atom stereocenters. The Kier molecular flexibility index (Phi) is 6.53. The van der Waals surface area contributed by atoms with Crippen LogP contribution in [0.2, 0.25) is 0 Å². The predicted molar refractivity (Wildman–Crippen MR) is 98.1 cm³/mol. The Bertz CT molecular complexity index is 905. The zero-order valence-corrected chi connectivity index (χ0v) is 16.5. The van der Waals surface area contributed by atoms with E-state index in [1.165, 1.54) is 18.7 Å². The van der Waals surface area contributed by atoms with Crippen LogP contribution in [0.25, 0.3) is 0 Å². The van der Waals surface area contributed by atoms with Gasteiger partial charge in [0.15, 0.2) is 16.0 Å². The van der Waals surface area contributed by atoms with E-state index in [1.54, 1.807) is 0 Å². The number of sulfonamides is 1. The fraction of sp³-hybridized carbons (Fsp3) is 0.357. The number of nitrogens with zero attached hydrogens (tertiary/aromatic N) is 3. The van der Waals surface area contributed by atoms with Gasteiger partial charge in [0.25, 0.3) is 0 Å². The Balaban J connectivity index is 2.26. The van der Waals surface area contributed by atoms with Crippen LogP contribution in [0, 0.1) is 11.6 Å². The van der Waals surface area contributed by atoms with Gasteiger partial charge in [-0.05, 0) is 24.8 Å². The van der Waals surface area contributed by atoms with E-state index in [-0.39, 0.29) is 10.8 Å². The number of nitrogens with one attached hydrogen (secondary N) is 1. The number of hydrogen-bond acceptors (Lipinski definition) is 7. The van der Waals surface area contributed by atoms with Gasteiger partial charge in [0.1, 0.15) is 6.04 Å².